The summed E-state index contributed by atoms with van der Waals surface area (Å²) < 4.78 is 0. The van der Waals surface area contributed by atoms with Crippen LogP contribution in [0.4, 0.5) is 17.1 Å². The van der Waals surface area contributed by atoms with Gasteiger partial charge in [0.05, 0.1) is 11.1 Å². The van der Waals surface area contributed by atoms with E-state index in [2.05, 4.69) is 292 Å². The lowest BCUT2D eigenvalue weighted by molar-refractivity contribution is 0.394. The summed E-state index contributed by atoms with van der Waals surface area (Å²) in [6, 6.07) is 93.4. The van der Waals surface area contributed by atoms with Gasteiger partial charge in [0, 0.05) is 22.7 Å². The van der Waals surface area contributed by atoms with Crippen molar-refractivity contribution in [1.29, 1.82) is 0 Å². The Bertz CT molecular complexity index is 4030. The van der Waals surface area contributed by atoms with Crippen LogP contribution in [0.2, 0.25) is 0 Å². The highest BCUT2D eigenvalue weighted by molar-refractivity contribution is 6.07. The first-order chi connectivity index (χ1) is 36.9. The molecule has 0 aromatic heterocycles. The molecule has 354 valence electrons. The number of hydrogen-bond acceptors (Lipinski definition) is 1. The lowest BCUT2D eigenvalue weighted by Crippen LogP contribution is -2.25. The maximum atomic E-state index is 2.52. The van der Waals surface area contributed by atoms with Crippen molar-refractivity contribution in [3.63, 3.8) is 0 Å². The van der Waals surface area contributed by atoms with Crippen LogP contribution >= 0.6 is 0 Å². The van der Waals surface area contributed by atoms with Crippen LogP contribution in [0, 0.1) is 5.92 Å². The van der Waals surface area contributed by atoms with Crippen molar-refractivity contribution in [1.82, 2.24) is 0 Å². The smallest absolute Gasteiger partial charge is 0.0725 e. The average Bonchev–Trinajstić information content (AvgIpc) is 4.08. The molecule has 2 atom stereocenters. The van der Waals surface area contributed by atoms with Gasteiger partial charge in [-0.15, -0.1) is 0 Å². The molecule has 1 heteroatoms. The molecule has 1 nitrogen and oxygen atoms in total. The largest absolute Gasteiger partial charge is 0.310 e. The minimum Gasteiger partial charge on any atom is -0.310 e. The summed E-state index contributed by atoms with van der Waals surface area (Å²) in [7, 11) is 0. The molecule has 11 aromatic rings. The van der Waals surface area contributed by atoms with Crippen molar-refractivity contribution in [2.45, 2.75) is 30.6 Å². The average molecular weight is 956 g/mol. The van der Waals surface area contributed by atoms with Crippen LogP contribution < -0.4 is 4.90 Å². The van der Waals surface area contributed by atoms with E-state index in [-0.39, 0.29) is 5.41 Å². The Morgan fingerprint density at radius 3 is 1.41 bits per heavy atom. The van der Waals surface area contributed by atoms with Crippen molar-refractivity contribution in [3.8, 4) is 66.8 Å². The van der Waals surface area contributed by atoms with E-state index < -0.39 is 5.41 Å². The van der Waals surface area contributed by atoms with E-state index in [1.54, 1.807) is 0 Å². The lowest BCUT2D eigenvalue weighted by Gasteiger charge is -2.31. The Morgan fingerprint density at radius 2 is 0.800 bits per heavy atom. The van der Waals surface area contributed by atoms with Gasteiger partial charge in [0.1, 0.15) is 0 Å². The molecule has 0 radical (unpaired) electrons. The number of anilines is 3. The second-order valence-corrected chi connectivity index (χ2v) is 21.6. The summed E-state index contributed by atoms with van der Waals surface area (Å²) in [5.41, 5.74) is 26.2. The minimum atomic E-state index is -0.412. The third-order valence-corrected chi connectivity index (χ3v) is 17.4. The fraction of sp³-hybridized carbons (Fsp3) is 0.0811. The van der Waals surface area contributed by atoms with E-state index >= 15 is 0 Å². The van der Waals surface area contributed by atoms with Gasteiger partial charge in [-0.3, -0.25) is 0 Å². The maximum Gasteiger partial charge on any atom is 0.0725 e. The standard InChI is InChI=1S/C74H53N/c1-73(2)66-29-15-11-24-59(66)63-40-38-56(47-70(63)73)75(55-36-33-50(34-37-55)54-44-52(48-19-5-3-6-20-48)43-53(45-54)49-21-7-4-8-22-49)72-42-41-57(58-23-9-10-28-65(58)72)51-35-39-64-62-27-14-18-32-69(62)74(71(64)46-51)67-30-16-12-25-60(67)61-26-13-17-31-68(61)74/h3-47,59,66H,1-2H3. The summed E-state index contributed by atoms with van der Waals surface area (Å²) in [4.78, 5) is 2.51. The zero-order valence-electron chi connectivity index (χ0n) is 42.1. The third-order valence-electron chi connectivity index (χ3n) is 17.4. The van der Waals surface area contributed by atoms with Crippen molar-refractivity contribution in [3.05, 3.63) is 306 Å². The Morgan fingerprint density at radius 1 is 0.320 bits per heavy atom. The topological polar surface area (TPSA) is 3.24 Å². The van der Waals surface area contributed by atoms with Gasteiger partial charge in [0.15, 0.2) is 0 Å². The molecule has 2 unspecified atom stereocenters. The second-order valence-electron chi connectivity index (χ2n) is 21.6. The number of hydrogen-bond donors (Lipinski definition) is 0. The molecule has 11 aromatic carbocycles. The van der Waals surface area contributed by atoms with Crippen LogP contribution in [0.15, 0.2) is 273 Å². The first-order valence-corrected chi connectivity index (χ1v) is 26.6. The minimum absolute atomic E-state index is 0.0378. The predicted molar refractivity (Wildman–Crippen MR) is 314 cm³/mol. The zero-order chi connectivity index (χ0) is 49.8. The zero-order valence-corrected chi connectivity index (χ0v) is 42.1. The molecule has 0 saturated heterocycles. The molecule has 0 bridgehead atoms. The Labute approximate surface area is 440 Å². The van der Waals surface area contributed by atoms with Crippen LogP contribution in [-0.4, -0.2) is 0 Å². The van der Waals surface area contributed by atoms with Crippen LogP contribution in [0.1, 0.15) is 53.1 Å². The highest BCUT2D eigenvalue weighted by Gasteiger charge is 2.51. The Kier molecular flexibility index (Phi) is 9.72. The van der Waals surface area contributed by atoms with E-state index in [9.17, 15) is 0 Å². The van der Waals surface area contributed by atoms with Gasteiger partial charge < -0.3 is 4.90 Å². The van der Waals surface area contributed by atoms with E-state index in [0.717, 1.165) is 17.1 Å². The molecule has 0 amide bonds. The highest BCUT2D eigenvalue weighted by Crippen LogP contribution is 2.63. The fourth-order valence-electron chi connectivity index (χ4n) is 13.9. The molecular formula is C74H53N. The van der Waals surface area contributed by atoms with E-state index in [1.807, 2.05) is 0 Å². The third kappa shape index (κ3) is 6.50. The SMILES string of the molecule is CC1(C)c2cc(N(c3ccc(-c4cc(-c5ccccc5)cc(-c5ccccc5)c4)cc3)c3ccc(-c4ccc5c(c4)C4(c6ccccc6-c6ccccc64)c4ccccc4-5)c4ccccc34)ccc2C2C=CC=CC21. The lowest BCUT2D eigenvalue weighted by atomic mass is 9.70. The summed E-state index contributed by atoms with van der Waals surface area (Å²) in [5.74, 6) is 0.790. The Hall–Kier alpha value is -9.04. The number of fused-ring (bicyclic) bond motifs is 14. The second kappa shape index (κ2) is 16.7. The number of nitrogens with zero attached hydrogens (tertiary/aromatic N) is 1. The molecule has 0 fully saturated rings. The van der Waals surface area contributed by atoms with E-state index in [4.69, 9.17) is 0 Å². The van der Waals surface area contributed by atoms with Gasteiger partial charge in [-0.05, 0) is 171 Å². The molecule has 4 aliphatic carbocycles. The maximum absolute atomic E-state index is 2.52. The molecule has 0 N–H and O–H groups in total. The molecule has 75 heavy (non-hydrogen) atoms. The number of benzene rings is 11. The van der Waals surface area contributed by atoms with E-state index in [1.165, 1.54) is 111 Å². The quantitative estimate of drug-likeness (QED) is 0.154. The van der Waals surface area contributed by atoms with Crippen molar-refractivity contribution in [2.24, 2.45) is 5.92 Å². The number of rotatable bonds is 7. The first kappa shape index (κ1) is 43.5. The van der Waals surface area contributed by atoms with Gasteiger partial charge in [-0.2, -0.15) is 0 Å². The van der Waals surface area contributed by atoms with Gasteiger partial charge in [0.25, 0.3) is 0 Å². The molecule has 0 saturated carbocycles. The Balaban J connectivity index is 0.897. The van der Waals surface area contributed by atoms with Crippen molar-refractivity contribution in [2.75, 3.05) is 4.90 Å². The fourth-order valence-corrected chi connectivity index (χ4v) is 13.9. The van der Waals surface area contributed by atoms with Crippen molar-refractivity contribution < 1.29 is 0 Å². The van der Waals surface area contributed by atoms with Gasteiger partial charge in [-0.25, -0.2) is 0 Å². The molecule has 4 aliphatic rings. The van der Waals surface area contributed by atoms with Gasteiger partial charge in [-0.1, -0.05) is 232 Å². The summed E-state index contributed by atoms with van der Waals surface area (Å²) in [5, 5.41) is 2.43. The van der Waals surface area contributed by atoms with Crippen LogP contribution in [0.25, 0.3) is 77.5 Å². The number of allylic oxidation sites excluding steroid dienone is 4. The molecular weight excluding hydrogens is 903 g/mol. The monoisotopic (exact) mass is 955 g/mol. The summed E-state index contributed by atoms with van der Waals surface area (Å²) >= 11 is 0. The predicted octanol–water partition coefficient (Wildman–Crippen LogP) is 19.4. The summed E-state index contributed by atoms with van der Waals surface area (Å²) in [6.07, 6.45) is 9.29. The molecule has 0 heterocycles. The van der Waals surface area contributed by atoms with Crippen LogP contribution in [0.5, 0.6) is 0 Å². The molecule has 1 spiro atoms. The van der Waals surface area contributed by atoms with Gasteiger partial charge in [0.2, 0.25) is 0 Å². The molecule has 0 aliphatic heterocycles. The van der Waals surface area contributed by atoms with Crippen LogP contribution in [0.3, 0.4) is 0 Å². The van der Waals surface area contributed by atoms with Crippen LogP contribution in [-0.2, 0) is 10.8 Å². The van der Waals surface area contributed by atoms with Gasteiger partial charge >= 0.3 is 0 Å². The summed E-state index contributed by atoms with van der Waals surface area (Å²) in [6.45, 7) is 4.87. The van der Waals surface area contributed by atoms with E-state index in [0.29, 0.717) is 11.8 Å². The highest BCUT2D eigenvalue weighted by atomic mass is 15.1. The first-order valence-electron chi connectivity index (χ1n) is 26.6. The molecule has 15 rings (SSSR count). The van der Waals surface area contributed by atoms with Crippen molar-refractivity contribution >= 4 is 27.8 Å². The normalized spacial score (nSPS) is 16.5.